The molecule has 1 saturated heterocycles. The molecule has 0 aliphatic carbocycles. The van der Waals surface area contributed by atoms with Crippen molar-refractivity contribution in [2.75, 3.05) is 0 Å². The highest BCUT2D eigenvalue weighted by molar-refractivity contribution is 5.14. The fourth-order valence-corrected chi connectivity index (χ4v) is 2.89. The molecule has 1 fully saturated rings. The van der Waals surface area contributed by atoms with E-state index in [2.05, 4.69) is 0 Å². The summed E-state index contributed by atoms with van der Waals surface area (Å²) in [7, 11) is 0. The average Bonchev–Trinajstić information content (AvgIpc) is 2.65. The SMILES string of the molecule is CC1O[C@@H](OCc2ccccc2)C(O)C(O)[C@H]1OCc1ccccc1. The lowest BCUT2D eigenvalue weighted by Gasteiger charge is -2.41. The van der Waals surface area contributed by atoms with Crippen LogP contribution in [0.25, 0.3) is 0 Å². The van der Waals surface area contributed by atoms with E-state index in [0.717, 1.165) is 11.1 Å². The lowest BCUT2D eigenvalue weighted by atomic mass is 9.99. The molecule has 5 heteroatoms. The van der Waals surface area contributed by atoms with Crippen LogP contribution >= 0.6 is 0 Å². The second-order valence-corrected chi connectivity index (χ2v) is 6.25. The first-order valence-electron chi connectivity index (χ1n) is 8.48. The molecule has 0 saturated carbocycles. The van der Waals surface area contributed by atoms with Crippen molar-refractivity contribution < 1.29 is 24.4 Å². The molecule has 134 valence electrons. The van der Waals surface area contributed by atoms with Gasteiger partial charge in [0, 0.05) is 0 Å². The molecule has 0 spiro atoms. The van der Waals surface area contributed by atoms with Gasteiger partial charge in [-0.3, -0.25) is 0 Å². The topological polar surface area (TPSA) is 68.2 Å². The molecule has 0 aromatic heterocycles. The maximum Gasteiger partial charge on any atom is 0.186 e. The van der Waals surface area contributed by atoms with Crippen LogP contribution in [0.4, 0.5) is 0 Å². The second-order valence-electron chi connectivity index (χ2n) is 6.25. The molecule has 5 atom stereocenters. The van der Waals surface area contributed by atoms with Gasteiger partial charge in [-0.1, -0.05) is 60.7 Å². The third kappa shape index (κ3) is 4.66. The molecule has 1 aliphatic heterocycles. The summed E-state index contributed by atoms with van der Waals surface area (Å²) < 4.78 is 17.2. The molecule has 5 nitrogen and oxygen atoms in total. The molecule has 0 bridgehead atoms. The molecule has 3 unspecified atom stereocenters. The van der Waals surface area contributed by atoms with E-state index in [-0.39, 0.29) is 0 Å². The zero-order chi connectivity index (χ0) is 17.6. The number of aliphatic hydroxyl groups is 2. The van der Waals surface area contributed by atoms with Crippen LogP contribution in [0.15, 0.2) is 60.7 Å². The third-order valence-electron chi connectivity index (χ3n) is 4.32. The van der Waals surface area contributed by atoms with Crippen LogP contribution in [-0.4, -0.2) is 40.9 Å². The van der Waals surface area contributed by atoms with Gasteiger partial charge in [0.05, 0.1) is 19.3 Å². The average molecular weight is 344 g/mol. The van der Waals surface area contributed by atoms with Gasteiger partial charge in [-0.15, -0.1) is 0 Å². The Balaban J connectivity index is 1.55. The summed E-state index contributed by atoms with van der Waals surface area (Å²) in [5.74, 6) is 0. The van der Waals surface area contributed by atoms with Gasteiger partial charge >= 0.3 is 0 Å². The van der Waals surface area contributed by atoms with Crippen molar-refractivity contribution in [1.82, 2.24) is 0 Å². The summed E-state index contributed by atoms with van der Waals surface area (Å²) >= 11 is 0. The zero-order valence-corrected chi connectivity index (χ0v) is 14.2. The Labute approximate surface area is 147 Å². The number of ether oxygens (including phenoxy) is 3. The third-order valence-corrected chi connectivity index (χ3v) is 4.32. The van der Waals surface area contributed by atoms with Crippen molar-refractivity contribution in [3.8, 4) is 0 Å². The van der Waals surface area contributed by atoms with Crippen molar-refractivity contribution in [2.45, 2.75) is 50.8 Å². The minimum Gasteiger partial charge on any atom is -0.387 e. The molecular weight excluding hydrogens is 320 g/mol. The fourth-order valence-electron chi connectivity index (χ4n) is 2.89. The van der Waals surface area contributed by atoms with E-state index in [4.69, 9.17) is 14.2 Å². The Morgan fingerprint density at radius 3 is 1.88 bits per heavy atom. The van der Waals surface area contributed by atoms with Gasteiger partial charge in [0.15, 0.2) is 6.29 Å². The summed E-state index contributed by atoms with van der Waals surface area (Å²) in [5.41, 5.74) is 1.97. The lowest BCUT2D eigenvalue weighted by molar-refractivity contribution is -0.304. The van der Waals surface area contributed by atoms with Gasteiger partial charge in [-0.2, -0.15) is 0 Å². The summed E-state index contributed by atoms with van der Waals surface area (Å²) in [6.07, 6.45) is -4.15. The van der Waals surface area contributed by atoms with E-state index in [1.807, 2.05) is 67.6 Å². The van der Waals surface area contributed by atoms with Crippen molar-refractivity contribution in [1.29, 1.82) is 0 Å². The van der Waals surface area contributed by atoms with Gasteiger partial charge < -0.3 is 24.4 Å². The molecule has 2 aromatic rings. The Kier molecular flexibility index (Phi) is 6.18. The normalized spacial score (nSPS) is 29.5. The molecule has 0 radical (unpaired) electrons. The largest absolute Gasteiger partial charge is 0.387 e. The van der Waals surface area contributed by atoms with Gasteiger partial charge in [0.1, 0.15) is 18.3 Å². The number of benzene rings is 2. The predicted molar refractivity (Wildman–Crippen MR) is 92.6 cm³/mol. The minimum atomic E-state index is -1.17. The molecule has 0 amide bonds. The maximum absolute atomic E-state index is 10.4. The van der Waals surface area contributed by atoms with Crippen LogP contribution in [0, 0.1) is 0 Å². The zero-order valence-electron chi connectivity index (χ0n) is 14.2. The summed E-state index contributed by atoms with van der Waals surface area (Å²) in [4.78, 5) is 0. The quantitative estimate of drug-likeness (QED) is 0.841. The van der Waals surface area contributed by atoms with E-state index >= 15 is 0 Å². The molecule has 1 heterocycles. The number of hydrogen-bond donors (Lipinski definition) is 2. The Morgan fingerprint density at radius 2 is 1.32 bits per heavy atom. The number of aliphatic hydroxyl groups excluding tert-OH is 2. The Bertz CT molecular complexity index is 633. The van der Waals surface area contributed by atoms with Crippen LogP contribution in [-0.2, 0) is 27.4 Å². The first kappa shape index (κ1) is 18.0. The molecule has 2 aromatic carbocycles. The van der Waals surface area contributed by atoms with Crippen LogP contribution in [0.2, 0.25) is 0 Å². The molecule has 3 rings (SSSR count). The van der Waals surface area contributed by atoms with Crippen molar-refractivity contribution >= 4 is 0 Å². The van der Waals surface area contributed by atoms with E-state index in [1.165, 1.54) is 0 Å². The van der Waals surface area contributed by atoms with E-state index < -0.39 is 30.7 Å². The minimum absolute atomic E-state index is 0.303. The smallest absolute Gasteiger partial charge is 0.186 e. The van der Waals surface area contributed by atoms with Gasteiger partial charge in [-0.05, 0) is 18.1 Å². The fraction of sp³-hybridized carbons (Fsp3) is 0.400. The monoisotopic (exact) mass is 344 g/mol. The van der Waals surface area contributed by atoms with Crippen molar-refractivity contribution in [3.63, 3.8) is 0 Å². The summed E-state index contributed by atoms with van der Waals surface area (Å²) in [6, 6.07) is 19.3. The second kappa shape index (κ2) is 8.56. The first-order chi connectivity index (χ1) is 12.1. The summed E-state index contributed by atoms with van der Waals surface area (Å²) in [6.45, 7) is 2.46. The maximum atomic E-state index is 10.4. The summed E-state index contributed by atoms with van der Waals surface area (Å²) in [5, 5.41) is 20.7. The van der Waals surface area contributed by atoms with Crippen molar-refractivity contribution in [2.24, 2.45) is 0 Å². The van der Waals surface area contributed by atoms with Gasteiger partial charge in [0.25, 0.3) is 0 Å². The van der Waals surface area contributed by atoms with Crippen LogP contribution in [0.5, 0.6) is 0 Å². The predicted octanol–water partition coefficient (Wildman–Crippen LogP) is 2.26. The van der Waals surface area contributed by atoms with Gasteiger partial charge in [-0.25, -0.2) is 0 Å². The van der Waals surface area contributed by atoms with E-state index in [9.17, 15) is 10.2 Å². The first-order valence-corrected chi connectivity index (χ1v) is 8.48. The van der Waals surface area contributed by atoms with Gasteiger partial charge in [0.2, 0.25) is 0 Å². The standard InChI is InChI=1S/C20H24O5/c1-14-19(23-12-15-8-4-2-5-9-15)17(21)18(22)20(25-14)24-13-16-10-6-3-7-11-16/h2-11,14,17-22H,12-13H2,1H3/t14?,17?,18?,19-,20+/m0/s1. The molecule has 1 aliphatic rings. The van der Waals surface area contributed by atoms with Crippen LogP contribution < -0.4 is 0 Å². The molecular formula is C20H24O5. The van der Waals surface area contributed by atoms with Crippen LogP contribution in [0.3, 0.4) is 0 Å². The molecule has 2 N–H and O–H groups in total. The molecule has 25 heavy (non-hydrogen) atoms. The lowest BCUT2D eigenvalue weighted by Crippen LogP contribution is -2.58. The van der Waals surface area contributed by atoms with E-state index in [1.54, 1.807) is 0 Å². The van der Waals surface area contributed by atoms with Crippen molar-refractivity contribution in [3.05, 3.63) is 71.8 Å². The van der Waals surface area contributed by atoms with Crippen LogP contribution in [0.1, 0.15) is 18.1 Å². The number of rotatable bonds is 6. The highest BCUT2D eigenvalue weighted by atomic mass is 16.7. The van der Waals surface area contributed by atoms with E-state index in [0.29, 0.717) is 13.2 Å². The highest BCUT2D eigenvalue weighted by Crippen LogP contribution is 2.25. The highest BCUT2D eigenvalue weighted by Gasteiger charge is 2.43. The Morgan fingerprint density at radius 1 is 0.800 bits per heavy atom. The Hall–Kier alpha value is -1.76. The number of hydrogen-bond acceptors (Lipinski definition) is 5.